The molecule has 2 unspecified atom stereocenters. The molecule has 0 saturated carbocycles. The van der Waals surface area contributed by atoms with Crippen LogP contribution >= 0.6 is 0 Å². The lowest BCUT2D eigenvalue weighted by Crippen LogP contribution is -2.46. The number of benzene rings is 1. The molecule has 2 atom stereocenters. The van der Waals surface area contributed by atoms with Gasteiger partial charge in [-0.25, -0.2) is 0 Å². The van der Waals surface area contributed by atoms with E-state index >= 15 is 0 Å². The van der Waals surface area contributed by atoms with Crippen molar-refractivity contribution >= 4 is 5.91 Å². The van der Waals surface area contributed by atoms with Gasteiger partial charge in [-0.2, -0.15) is 0 Å². The van der Waals surface area contributed by atoms with Gasteiger partial charge in [0, 0.05) is 0 Å². The molecule has 1 amide bonds. The molecule has 0 aromatic heterocycles. The van der Waals surface area contributed by atoms with Crippen molar-refractivity contribution in [3.8, 4) is 5.75 Å². The van der Waals surface area contributed by atoms with E-state index in [2.05, 4.69) is 5.32 Å². The second-order valence-corrected chi connectivity index (χ2v) is 4.93. The van der Waals surface area contributed by atoms with Gasteiger partial charge in [-0.3, -0.25) is 4.79 Å². The third kappa shape index (κ3) is 5.75. The summed E-state index contributed by atoms with van der Waals surface area (Å²) in [6.07, 6.45) is 1.61. The largest absolute Gasteiger partial charge is 0.491 e. The molecule has 0 spiro atoms. The summed E-state index contributed by atoms with van der Waals surface area (Å²) >= 11 is 0. The third-order valence-corrected chi connectivity index (χ3v) is 2.85. The van der Waals surface area contributed by atoms with E-state index in [1.54, 1.807) is 0 Å². The van der Waals surface area contributed by atoms with Crippen molar-refractivity contribution in [1.82, 2.24) is 5.32 Å². The zero-order valence-corrected chi connectivity index (χ0v) is 12.0. The second kappa shape index (κ2) is 7.79. The number of hydrogen-bond acceptors (Lipinski definition) is 3. The lowest BCUT2D eigenvalue weighted by Gasteiger charge is -2.17. The normalized spacial score (nSPS) is 13.7. The van der Waals surface area contributed by atoms with Crippen molar-refractivity contribution in [2.75, 3.05) is 6.61 Å². The lowest BCUT2D eigenvalue weighted by molar-refractivity contribution is -0.123. The molecule has 1 aromatic rings. The van der Waals surface area contributed by atoms with Crippen LogP contribution in [0.3, 0.4) is 0 Å². The van der Waals surface area contributed by atoms with E-state index in [-0.39, 0.29) is 11.9 Å². The maximum absolute atomic E-state index is 11.7. The van der Waals surface area contributed by atoms with E-state index < -0.39 is 6.04 Å². The molecule has 0 heterocycles. The van der Waals surface area contributed by atoms with Crippen LogP contribution in [0.15, 0.2) is 24.3 Å². The standard InChI is InChI=1S/C15H24N2O2/c1-4-5-14(16)15(18)17-12(3)10-19-13-8-6-11(2)7-9-13/h6-9,12,14H,4-5,10,16H2,1-3H3,(H,17,18). The molecule has 4 heteroatoms. The average Bonchev–Trinajstić information content (AvgIpc) is 2.38. The molecule has 0 fully saturated rings. The van der Waals surface area contributed by atoms with Crippen LogP contribution in [-0.4, -0.2) is 24.6 Å². The Morgan fingerprint density at radius 2 is 2.00 bits per heavy atom. The summed E-state index contributed by atoms with van der Waals surface area (Å²) in [5.74, 6) is 0.700. The molecule has 4 nitrogen and oxygen atoms in total. The molecule has 0 aliphatic rings. The van der Waals surface area contributed by atoms with E-state index in [9.17, 15) is 4.79 Å². The van der Waals surface area contributed by atoms with Crippen LogP contribution in [0.2, 0.25) is 0 Å². The molecular formula is C15H24N2O2. The monoisotopic (exact) mass is 264 g/mol. The number of carbonyl (C=O) groups is 1. The molecule has 0 aliphatic carbocycles. The first-order valence-electron chi connectivity index (χ1n) is 6.78. The number of amides is 1. The Bertz CT molecular complexity index is 390. The predicted octanol–water partition coefficient (Wildman–Crippen LogP) is 2.01. The number of hydrogen-bond donors (Lipinski definition) is 2. The summed E-state index contributed by atoms with van der Waals surface area (Å²) in [6.45, 7) is 6.39. The fourth-order valence-corrected chi connectivity index (χ4v) is 1.69. The minimum atomic E-state index is -0.424. The second-order valence-electron chi connectivity index (χ2n) is 4.93. The van der Waals surface area contributed by atoms with Crippen LogP contribution in [0.1, 0.15) is 32.3 Å². The van der Waals surface area contributed by atoms with E-state index in [0.717, 1.165) is 12.2 Å². The highest BCUT2D eigenvalue weighted by Gasteiger charge is 2.14. The Morgan fingerprint density at radius 1 is 1.37 bits per heavy atom. The third-order valence-electron chi connectivity index (χ3n) is 2.85. The van der Waals surface area contributed by atoms with Crippen molar-refractivity contribution in [3.63, 3.8) is 0 Å². The molecule has 0 bridgehead atoms. The smallest absolute Gasteiger partial charge is 0.237 e. The molecule has 3 N–H and O–H groups in total. The van der Waals surface area contributed by atoms with Crippen LogP contribution in [-0.2, 0) is 4.79 Å². The van der Waals surface area contributed by atoms with Crippen molar-refractivity contribution in [2.24, 2.45) is 5.73 Å². The molecule has 0 aliphatic heterocycles. The Kier molecular flexibility index (Phi) is 6.36. The minimum absolute atomic E-state index is 0.0586. The Labute approximate surface area is 115 Å². The highest BCUT2D eigenvalue weighted by molar-refractivity contribution is 5.81. The average molecular weight is 264 g/mol. The van der Waals surface area contributed by atoms with Crippen LogP contribution in [0.25, 0.3) is 0 Å². The highest BCUT2D eigenvalue weighted by atomic mass is 16.5. The fourth-order valence-electron chi connectivity index (χ4n) is 1.69. The highest BCUT2D eigenvalue weighted by Crippen LogP contribution is 2.11. The van der Waals surface area contributed by atoms with Crippen LogP contribution in [0, 0.1) is 6.92 Å². The number of ether oxygens (including phenoxy) is 1. The van der Waals surface area contributed by atoms with Crippen LogP contribution < -0.4 is 15.8 Å². The number of rotatable bonds is 7. The van der Waals surface area contributed by atoms with Gasteiger partial charge in [0.1, 0.15) is 12.4 Å². The van der Waals surface area contributed by atoms with Crippen molar-refractivity contribution in [1.29, 1.82) is 0 Å². The minimum Gasteiger partial charge on any atom is -0.491 e. The van der Waals surface area contributed by atoms with E-state index in [1.807, 2.05) is 45.0 Å². The van der Waals surface area contributed by atoms with Gasteiger partial charge in [0.05, 0.1) is 12.1 Å². The maximum atomic E-state index is 11.7. The summed E-state index contributed by atoms with van der Waals surface area (Å²) in [6, 6.07) is 7.36. The Balaban J connectivity index is 2.33. The molecule has 1 aromatic carbocycles. The summed E-state index contributed by atoms with van der Waals surface area (Å²) in [7, 11) is 0. The first kappa shape index (κ1) is 15.5. The summed E-state index contributed by atoms with van der Waals surface area (Å²) in [5, 5.41) is 2.86. The van der Waals surface area contributed by atoms with E-state index in [0.29, 0.717) is 13.0 Å². The lowest BCUT2D eigenvalue weighted by atomic mass is 10.1. The summed E-state index contributed by atoms with van der Waals surface area (Å²) in [4.78, 5) is 11.7. The van der Waals surface area contributed by atoms with Gasteiger partial charge < -0.3 is 15.8 Å². The van der Waals surface area contributed by atoms with E-state index in [4.69, 9.17) is 10.5 Å². The maximum Gasteiger partial charge on any atom is 0.237 e. The van der Waals surface area contributed by atoms with Gasteiger partial charge in [0.15, 0.2) is 0 Å². The topological polar surface area (TPSA) is 64.4 Å². The zero-order chi connectivity index (χ0) is 14.3. The van der Waals surface area contributed by atoms with Gasteiger partial charge in [0.2, 0.25) is 5.91 Å². The number of nitrogens with one attached hydrogen (secondary N) is 1. The molecule has 0 radical (unpaired) electrons. The van der Waals surface area contributed by atoms with Gasteiger partial charge in [-0.15, -0.1) is 0 Å². The van der Waals surface area contributed by atoms with Gasteiger partial charge in [0.25, 0.3) is 0 Å². The molecule has 0 saturated heterocycles. The molecule has 1 rings (SSSR count). The quantitative estimate of drug-likeness (QED) is 0.791. The Morgan fingerprint density at radius 3 is 2.58 bits per heavy atom. The van der Waals surface area contributed by atoms with Crippen molar-refractivity contribution in [3.05, 3.63) is 29.8 Å². The summed E-state index contributed by atoms with van der Waals surface area (Å²) < 4.78 is 5.61. The zero-order valence-electron chi connectivity index (χ0n) is 12.0. The number of aryl methyl sites for hydroxylation is 1. The number of carbonyl (C=O) groups excluding carboxylic acids is 1. The van der Waals surface area contributed by atoms with Crippen LogP contribution in [0.4, 0.5) is 0 Å². The Hall–Kier alpha value is -1.55. The van der Waals surface area contributed by atoms with Gasteiger partial charge in [-0.1, -0.05) is 31.0 Å². The number of nitrogens with two attached hydrogens (primary N) is 1. The predicted molar refractivity (Wildman–Crippen MR) is 77.2 cm³/mol. The van der Waals surface area contributed by atoms with Gasteiger partial charge in [-0.05, 0) is 32.4 Å². The molecule has 19 heavy (non-hydrogen) atoms. The molecular weight excluding hydrogens is 240 g/mol. The summed E-state index contributed by atoms with van der Waals surface area (Å²) in [5.41, 5.74) is 6.94. The van der Waals surface area contributed by atoms with Crippen LogP contribution in [0.5, 0.6) is 5.75 Å². The first-order chi connectivity index (χ1) is 9.02. The first-order valence-corrected chi connectivity index (χ1v) is 6.78. The molecule has 106 valence electrons. The van der Waals surface area contributed by atoms with E-state index in [1.165, 1.54) is 5.56 Å². The van der Waals surface area contributed by atoms with Gasteiger partial charge >= 0.3 is 0 Å². The van der Waals surface area contributed by atoms with Crippen molar-refractivity contribution < 1.29 is 9.53 Å². The SMILES string of the molecule is CCCC(N)C(=O)NC(C)COc1ccc(C)cc1. The fraction of sp³-hybridized carbons (Fsp3) is 0.533. The van der Waals surface area contributed by atoms with Crippen molar-refractivity contribution in [2.45, 2.75) is 45.7 Å².